The van der Waals surface area contributed by atoms with Crippen molar-refractivity contribution in [1.29, 1.82) is 0 Å². The van der Waals surface area contributed by atoms with Crippen LogP contribution in [0, 0.1) is 0 Å². The van der Waals surface area contributed by atoms with Crippen LogP contribution in [0.3, 0.4) is 0 Å². The molecule has 2 nitrogen and oxygen atoms in total. The van der Waals surface area contributed by atoms with Crippen LogP contribution < -0.4 is 0 Å². The van der Waals surface area contributed by atoms with Gasteiger partial charge >= 0.3 is 0 Å². The molecule has 0 rings (SSSR count). The quantitative estimate of drug-likeness (QED) is 0.315. The Balaban J connectivity index is 3.24. The molecule has 2 heteroatoms. The van der Waals surface area contributed by atoms with Crippen molar-refractivity contribution in [3.05, 3.63) is 11.6 Å². The zero-order chi connectivity index (χ0) is 11.4. The van der Waals surface area contributed by atoms with Crippen molar-refractivity contribution < 1.29 is 9.53 Å². The van der Waals surface area contributed by atoms with Crippen LogP contribution in [0.1, 0.15) is 51.9 Å². The summed E-state index contributed by atoms with van der Waals surface area (Å²) in [6.45, 7) is 2.99. The molecule has 0 N–H and O–H groups in total. The van der Waals surface area contributed by atoms with Crippen molar-refractivity contribution in [2.75, 3.05) is 13.7 Å². The Morgan fingerprint density at radius 1 is 1.13 bits per heavy atom. The van der Waals surface area contributed by atoms with E-state index in [-0.39, 0.29) is 0 Å². The molecule has 0 bridgehead atoms. The van der Waals surface area contributed by atoms with Crippen molar-refractivity contribution in [2.45, 2.75) is 51.9 Å². The topological polar surface area (TPSA) is 26.3 Å². The Morgan fingerprint density at radius 3 is 2.53 bits per heavy atom. The molecule has 0 saturated heterocycles. The fourth-order valence-corrected chi connectivity index (χ4v) is 1.48. The second-order valence-electron chi connectivity index (χ2n) is 3.95. The Bertz CT molecular complexity index is 173. The zero-order valence-electron chi connectivity index (χ0n) is 10.1. The summed E-state index contributed by atoms with van der Waals surface area (Å²) >= 11 is 0. The molecule has 0 heterocycles. The molecule has 0 fully saturated rings. The van der Waals surface area contributed by atoms with E-state index in [1.54, 1.807) is 7.11 Å². The van der Waals surface area contributed by atoms with E-state index in [0.29, 0.717) is 6.42 Å². The molecule has 0 aliphatic carbocycles. The molecule has 0 aliphatic rings. The molecule has 0 spiro atoms. The van der Waals surface area contributed by atoms with Crippen LogP contribution in [-0.2, 0) is 9.53 Å². The van der Waals surface area contributed by atoms with Crippen LogP contribution in [0.5, 0.6) is 0 Å². The van der Waals surface area contributed by atoms with Crippen LogP contribution in [0.15, 0.2) is 11.6 Å². The van der Waals surface area contributed by atoms with Gasteiger partial charge in [0.15, 0.2) is 0 Å². The molecule has 0 atom stereocenters. The van der Waals surface area contributed by atoms with Gasteiger partial charge in [0.1, 0.15) is 6.29 Å². The summed E-state index contributed by atoms with van der Waals surface area (Å²) in [5.74, 6) is 0. The standard InChI is InChI=1S/C13H24O2/c1-13(10-8-11-14)9-6-4-3-5-7-12-15-2/h9,11H,3-8,10,12H2,1-2H3/b13-9+. The first kappa shape index (κ1) is 14.4. The third kappa shape index (κ3) is 11.3. The van der Waals surface area contributed by atoms with Crippen LogP contribution in [0.25, 0.3) is 0 Å². The fraction of sp³-hybridized carbons (Fsp3) is 0.769. The monoisotopic (exact) mass is 212 g/mol. The average molecular weight is 212 g/mol. The number of methoxy groups -OCH3 is 1. The summed E-state index contributed by atoms with van der Waals surface area (Å²) in [4.78, 5) is 10.1. The minimum absolute atomic E-state index is 0.663. The largest absolute Gasteiger partial charge is 0.385 e. The van der Waals surface area contributed by atoms with E-state index in [9.17, 15) is 4.79 Å². The summed E-state index contributed by atoms with van der Waals surface area (Å²) in [5, 5.41) is 0. The second kappa shape index (κ2) is 11.4. The fourth-order valence-electron chi connectivity index (χ4n) is 1.48. The number of unbranched alkanes of at least 4 members (excludes halogenated alkanes) is 4. The summed E-state index contributed by atoms with van der Waals surface area (Å²) in [6, 6.07) is 0. The van der Waals surface area contributed by atoms with Gasteiger partial charge in [0.05, 0.1) is 0 Å². The number of rotatable bonds is 10. The smallest absolute Gasteiger partial charge is 0.120 e. The lowest BCUT2D eigenvalue weighted by molar-refractivity contribution is -0.107. The molecule has 0 amide bonds. The maximum absolute atomic E-state index is 10.1. The van der Waals surface area contributed by atoms with Crippen LogP contribution in [0.2, 0.25) is 0 Å². The first-order valence-corrected chi connectivity index (χ1v) is 5.89. The Kier molecular flexibility index (Phi) is 11.0. The molecular weight excluding hydrogens is 188 g/mol. The van der Waals surface area contributed by atoms with Gasteiger partial charge in [-0.15, -0.1) is 0 Å². The molecule has 0 aromatic rings. The maximum atomic E-state index is 10.1. The van der Waals surface area contributed by atoms with Crippen LogP contribution in [-0.4, -0.2) is 20.0 Å². The summed E-state index contributed by atoms with van der Waals surface area (Å²) < 4.78 is 4.99. The Labute approximate surface area is 93.7 Å². The number of allylic oxidation sites excluding steroid dienone is 2. The SMILES string of the molecule is COCCCCCC/C=C(\C)CCC=O. The first-order chi connectivity index (χ1) is 7.31. The van der Waals surface area contributed by atoms with Crippen molar-refractivity contribution in [3.8, 4) is 0 Å². The molecule has 15 heavy (non-hydrogen) atoms. The zero-order valence-corrected chi connectivity index (χ0v) is 10.1. The summed E-state index contributed by atoms with van der Waals surface area (Å²) in [5.41, 5.74) is 1.35. The number of carbonyl (C=O) groups excluding carboxylic acids is 1. The van der Waals surface area contributed by atoms with Gasteiger partial charge in [0, 0.05) is 20.1 Å². The highest BCUT2D eigenvalue weighted by Crippen LogP contribution is 2.08. The van der Waals surface area contributed by atoms with Gasteiger partial charge in [-0.1, -0.05) is 24.5 Å². The normalized spacial score (nSPS) is 11.7. The van der Waals surface area contributed by atoms with Crippen molar-refractivity contribution in [1.82, 2.24) is 0 Å². The lowest BCUT2D eigenvalue weighted by Gasteiger charge is -2.00. The number of carbonyl (C=O) groups is 1. The maximum Gasteiger partial charge on any atom is 0.120 e. The first-order valence-electron chi connectivity index (χ1n) is 5.89. The molecule has 0 aromatic heterocycles. The second-order valence-corrected chi connectivity index (χ2v) is 3.95. The highest BCUT2D eigenvalue weighted by atomic mass is 16.5. The summed E-state index contributed by atoms with van der Waals surface area (Å²) in [6.07, 6.45) is 10.9. The molecular formula is C13H24O2. The van der Waals surface area contributed by atoms with Gasteiger partial charge in [0.2, 0.25) is 0 Å². The van der Waals surface area contributed by atoms with Crippen molar-refractivity contribution >= 4 is 6.29 Å². The van der Waals surface area contributed by atoms with Crippen molar-refractivity contribution in [3.63, 3.8) is 0 Å². The van der Waals surface area contributed by atoms with E-state index < -0.39 is 0 Å². The third-order valence-electron chi connectivity index (χ3n) is 2.45. The lowest BCUT2D eigenvalue weighted by Crippen LogP contribution is -1.88. The van der Waals surface area contributed by atoms with Gasteiger partial charge in [0.25, 0.3) is 0 Å². The number of ether oxygens (including phenoxy) is 1. The van der Waals surface area contributed by atoms with Crippen LogP contribution in [0.4, 0.5) is 0 Å². The predicted octanol–water partition coefficient (Wildman–Crippen LogP) is 3.51. The van der Waals surface area contributed by atoms with E-state index >= 15 is 0 Å². The summed E-state index contributed by atoms with van der Waals surface area (Å²) in [7, 11) is 1.75. The molecule has 0 saturated carbocycles. The van der Waals surface area contributed by atoms with Gasteiger partial charge < -0.3 is 9.53 Å². The third-order valence-corrected chi connectivity index (χ3v) is 2.45. The van der Waals surface area contributed by atoms with E-state index in [4.69, 9.17) is 4.74 Å². The lowest BCUT2D eigenvalue weighted by atomic mass is 10.1. The predicted molar refractivity (Wildman–Crippen MR) is 64.0 cm³/mol. The highest BCUT2D eigenvalue weighted by Gasteiger charge is 1.91. The van der Waals surface area contributed by atoms with E-state index in [1.807, 2.05) is 0 Å². The average Bonchev–Trinajstić information content (AvgIpc) is 2.25. The van der Waals surface area contributed by atoms with E-state index in [1.165, 1.54) is 31.3 Å². The molecule has 0 radical (unpaired) electrons. The van der Waals surface area contributed by atoms with Gasteiger partial charge in [-0.2, -0.15) is 0 Å². The van der Waals surface area contributed by atoms with Gasteiger partial charge in [-0.3, -0.25) is 0 Å². The minimum atomic E-state index is 0.663. The van der Waals surface area contributed by atoms with Gasteiger partial charge in [-0.25, -0.2) is 0 Å². The number of hydrogen-bond acceptors (Lipinski definition) is 2. The Morgan fingerprint density at radius 2 is 1.87 bits per heavy atom. The molecule has 0 aromatic carbocycles. The minimum Gasteiger partial charge on any atom is -0.385 e. The number of hydrogen-bond donors (Lipinski definition) is 0. The van der Waals surface area contributed by atoms with Crippen LogP contribution >= 0.6 is 0 Å². The van der Waals surface area contributed by atoms with Crippen molar-refractivity contribution in [2.24, 2.45) is 0 Å². The molecule has 88 valence electrons. The van der Waals surface area contributed by atoms with E-state index in [2.05, 4.69) is 13.0 Å². The highest BCUT2D eigenvalue weighted by molar-refractivity contribution is 5.49. The Hall–Kier alpha value is -0.630. The molecule has 0 aliphatic heterocycles. The van der Waals surface area contributed by atoms with E-state index in [0.717, 1.165) is 25.7 Å². The number of aldehydes is 1. The molecule has 0 unspecified atom stereocenters. The van der Waals surface area contributed by atoms with Gasteiger partial charge in [-0.05, 0) is 32.6 Å².